The number of carbonyl (C=O) groups is 2. The molecule has 0 unspecified atom stereocenters. The SMILES string of the molecule is CC(=O)N(CC(=O)Nc1nc(C)c(C)s1)C1CCCCC1. The second kappa shape index (κ2) is 7.02. The van der Waals surface area contributed by atoms with Crippen molar-refractivity contribution in [2.24, 2.45) is 0 Å². The molecule has 1 saturated carbocycles. The van der Waals surface area contributed by atoms with Crippen LogP contribution in [0, 0.1) is 13.8 Å². The number of hydrogen-bond acceptors (Lipinski definition) is 4. The lowest BCUT2D eigenvalue weighted by Crippen LogP contribution is -2.44. The molecule has 5 nitrogen and oxygen atoms in total. The molecule has 6 heteroatoms. The molecule has 21 heavy (non-hydrogen) atoms. The molecule has 1 aromatic heterocycles. The van der Waals surface area contributed by atoms with Crippen LogP contribution in [0.25, 0.3) is 0 Å². The maximum atomic E-state index is 12.2. The van der Waals surface area contributed by atoms with Crippen molar-refractivity contribution in [3.63, 3.8) is 0 Å². The van der Waals surface area contributed by atoms with E-state index in [1.54, 1.807) is 11.8 Å². The molecule has 116 valence electrons. The summed E-state index contributed by atoms with van der Waals surface area (Å²) in [6, 6.07) is 0.210. The molecule has 2 rings (SSSR count). The predicted octanol–water partition coefficient (Wildman–Crippen LogP) is 2.88. The molecule has 0 radical (unpaired) electrons. The Kier molecular flexibility index (Phi) is 5.33. The highest BCUT2D eigenvalue weighted by Gasteiger charge is 2.25. The molecule has 0 spiro atoms. The van der Waals surface area contributed by atoms with Crippen LogP contribution in [0.3, 0.4) is 0 Å². The predicted molar refractivity (Wildman–Crippen MR) is 84.5 cm³/mol. The van der Waals surface area contributed by atoms with E-state index in [0.717, 1.165) is 36.3 Å². The van der Waals surface area contributed by atoms with Gasteiger partial charge in [-0.25, -0.2) is 4.98 Å². The molecular formula is C15H23N3O2S. The summed E-state index contributed by atoms with van der Waals surface area (Å²) in [5, 5.41) is 3.42. The number of carbonyl (C=O) groups excluding carboxylic acids is 2. The van der Waals surface area contributed by atoms with Crippen molar-refractivity contribution in [3.8, 4) is 0 Å². The number of hydrogen-bond donors (Lipinski definition) is 1. The average molecular weight is 309 g/mol. The van der Waals surface area contributed by atoms with E-state index in [1.165, 1.54) is 17.8 Å². The molecule has 2 amide bonds. The van der Waals surface area contributed by atoms with Crippen LogP contribution in [-0.2, 0) is 9.59 Å². The summed E-state index contributed by atoms with van der Waals surface area (Å²) in [5.41, 5.74) is 0.936. The standard InChI is InChI=1S/C15H23N3O2S/c1-10-11(2)21-15(16-10)17-14(20)9-18(12(3)19)13-7-5-4-6-8-13/h13H,4-9H2,1-3H3,(H,16,17,20). The number of thiazole rings is 1. The Morgan fingerprint density at radius 1 is 1.29 bits per heavy atom. The van der Waals surface area contributed by atoms with E-state index in [1.807, 2.05) is 13.8 Å². The lowest BCUT2D eigenvalue weighted by molar-refractivity contribution is -0.135. The number of aryl methyl sites for hydroxylation is 2. The molecular weight excluding hydrogens is 286 g/mol. The zero-order valence-electron chi connectivity index (χ0n) is 12.9. The Morgan fingerprint density at radius 3 is 2.48 bits per heavy atom. The van der Waals surface area contributed by atoms with E-state index in [9.17, 15) is 9.59 Å². The zero-order valence-corrected chi connectivity index (χ0v) is 13.8. The molecule has 1 aliphatic carbocycles. The normalized spacial score (nSPS) is 15.8. The summed E-state index contributed by atoms with van der Waals surface area (Å²) in [5.74, 6) is -0.187. The number of rotatable bonds is 4. The Balaban J connectivity index is 1.96. The molecule has 1 aliphatic rings. The highest BCUT2D eigenvalue weighted by Crippen LogP contribution is 2.23. The van der Waals surface area contributed by atoms with Gasteiger partial charge in [-0.1, -0.05) is 19.3 Å². The molecule has 1 fully saturated rings. The van der Waals surface area contributed by atoms with E-state index in [2.05, 4.69) is 10.3 Å². The Hall–Kier alpha value is -1.43. The Morgan fingerprint density at radius 2 is 1.95 bits per heavy atom. The molecule has 0 aliphatic heterocycles. The van der Waals surface area contributed by atoms with Gasteiger partial charge in [-0.3, -0.25) is 9.59 Å². The summed E-state index contributed by atoms with van der Waals surface area (Å²) >= 11 is 1.47. The topological polar surface area (TPSA) is 62.3 Å². The van der Waals surface area contributed by atoms with Crippen LogP contribution in [0.4, 0.5) is 5.13 Å². The first kappa shape index (κ1) is 15.9. The van der Waals surface area contributed by atoms with E-state index in [-0.39, 0.29) is 24.4 Å². The number of anilines is 1. The molecule has 0 atom stereocenters. The number of amides is 2. The van der Waals surface area contributed by atoms with Crippen molar-refractivity contribution in [3.05, 3.63) is 10.6 Å². The molecule has 1 N–H and O–H groups in total. The van der Waals surface area contributed by atoms with Crippen molar-refractivity contribution in [2.45, 2.75) is 58.9 Å². The van der Waals surface area contributed by atoms with Gasteiger partial charge in [0.1, 0.15) is 6.54 Å². The van der Waals surface area contributed by atoms with Crippen LogP contribution < -0.4 is 5.32 Å². The maximum absolute atomic E-state index is 12.2. The first-order chi connectivity index (χ1) is 9.97. The van der Waals surface area contributed by atoms with Gasteiger partial charge in [0.05, 0.1) is 5.69 Å². The molecule has 0 bridgehead atoms. The van der Waals surface area contributed by atoms with Crippen LogP contribution in [0.2, 0.25) is 0 Å². The van der Waals surface area contributed by atoms with Crippen molar-refractivity contribution < 1.29 is 9.59 Å². The highest BCUT2D eigenvalue weighted by molar-refractivity contribution is 7.15. The van der Waals surface area contributed by atoms with Gasteiger partial charge < -0.3 is 10.2 Å². The lowest BCUT2D eigenvalue weighted by Gasteiger charge is -2.33. The first-order valence-corrected chi connectivity index (χ1v) is 8.30. The molecule has 0 aromatic carbocycles. The van der Waals surface area contributed by atoms with Crippen LogP contribution in [0.1, 0.15) is 49.6 Å². The number of nitrogens with one attached hydrogen (secondary N) is 1. The van der Waals surface area contributed by atoms with Crippen LogP contribution in [0.15, 0.2) is 0 Å². The van der Waals surface area contributed by atoms with Crippen LogP contribution in [-0.4, -0.2) is 34.3 Å². The largest absolute Gasteiger partial charge is 0.331 e. The van der Waals surface area contributed by atoms with Crippen molar-refractivity contribution in [1.29, 1.82) is 0 Å². The summed E-state index contributed by atoms with van der Waals surface area (Å²) in [4.78, 5) is 31.1. The van der Waals surface area contributed by atoms with Gasteiger partial charge >= 0.3 is 0 Å². The van der Waals surface area contributed by atoms with E-state index in [4.69, 9.17) is 0 Å². The fourth-order valence-electron chi connectivity index (χ4n) is 2.73. The second-order valence-electron chi connectivity index (χ2n) is 5.65. The summed E-state index contributed by atoms with van der Waals surface area (Å²) in [7, 11) is 0. The van der Waals surface area contributed by atoms with E-state index in [0.29, 0.717) is 5.13 Å². The molecule has 1 aromatic rings. The van der Waals surface area contributed by atoms with Crippen LogP contribution in [0.5, 0.6) is 0 Å². The fraction of sp³-hybridized carbons (Fsp3) is 0.667. The minimum absolute atomic E-state index is 0.0245. The first-order valence-electron chi connectivity index (χ1n) is 7.48. The molecule has 1 heterocycles. The monoisotopic (exact) mass is 309 g/mol. The summed E-state index contributed by atoms with van der Waals surface area (Å²) in [6.45, 7) is 5.56. The van der Waals surface area contributed by atoms with Gasteiger partial charge in [-0.15, -0.1) is 11.3 Å². The maximum Gasteiger partial charge on any atom is 0.245 e. The highest BCUT2D eigenvalue weighted by atomic mass is 32.1. The number of aromatic nitrogens is 1. The van der Waals surface area contributed by atoms with Crippen molar-refractivity contribution in [1.82, 2.24) is 9.88 Å². The third-order valence-electron chi connectivity index (χ3n) is 4.01. The van der Waals surface area contributed by atoms with Gasteiger partial charge in [0.15, 0.2) is 5.13 Å². The molecule has 0 saturated heterocycles. The minimum Gasteiger partial charge on any atom is -0.331 e. The lowest BCUT2D eigenvalue weighted by atomic mass is 9.94. The van der Waals surface area contributed by atoms with Gasteiger partial charge in [0, 0.05) is 17.8 Å². The second-order valence-corrected chi connectivity index (χ2v) is 6.85. The van der Waals surface area contributed by atoms with E-state index >= 15 is 0 Å². The fourth-order valence-corrected chi connectivity index (χ4v) is 3.56. The van der Waals surface area contributed by atoms with Crippen LogP contribution >= 0.6 is 11.3 Å². The van der Waals surface area contributed by atoms with Crippen molar-refractivity contribution in [2.75, 3.05) is 11.9 Å². The van der Waals surface area contributed by atoms with Gasteiger partial charge in [-0.2, -0.15) is 0 Å². The van der Waals surface area contributed by atoms with Gasteiger partial charge in [0.25, 0.3) is 0 Å². The number of nitrogens with zero attached hydrogens (tertiary/aromatic N) is 2. The minimum atomic E-state index is -0.162. The summed E-state index contributed by atoms with van der Waals surface area (Å²) in [6.07, 6.45) is 5.51. The van der Waals surface area contributed by atoms with Crippen molar-refractivity contribution >= 4 is 28.3 Å². The summed E-state index contributed by atoms with van der Waals surface area (Å²) < 4.78 is 0. The smallest absolute Gasteiger partial charge is 0.245 e. The average Bonchev–Trinajstić information content (AvgIpc) is 2.75. The van der Waals surface area contributed by atoms with E-state index < -0.39 is 0 Å². The Bertz CT molecular complexity index is 501. The zero-order chi connectivity index (χ0) is 15.4. The van der Waals surface area contributed by atoms with Gasteiger partial charge in [0.2, 0.25) is 11.8 Å². The Labute approximate surface area is 129 Å². The third-order valence-corrected chi connectivity index (χ3v) is 5.00. The quantitative estimate of drug-likeness (QED) is 0.930. The van der Waals surface area contributed by atoms with Gasteiger partial charge in [-0.05, 0) is 26.7 Å². The third kappa shape index (κ3) is 4.27.